The molecule has 0 atom stereocenters. The molecule has 1 heterocycles. The predicted octanol–water partition coefficient (Wildman–Crippen LogP) is 0.330. The van der Waals surface area contributed by atoms with E-state index in [9.17, 15) is 0 Å². The van der Waals surface area contributed by atoms with Crippen LogP contribution >= 0.6 is 0 Å². The van der Waals surface area contributed by atoms with Crippen LogP contribution in [0.2, 0.25) is 0 Å². The standard InChI is InChI=1S/C6H11N2.Co/c1-3-8-5-4-7(2)6-8;/h4-6H,3H2,1-2H3;/q+1;+2. The Bertz CT molecular complexity index is 171. The van der Waals surface area contributed by atoms with Crippen molar-refractivity contribution in [2.24, 2.45) is 7.05 Å². The van der Waals surface area contributed by atoms with Crippen LogP contribution in [0, 0.1) is 0 Å². The van der Waals surface area contributed by atoms with Crippen LogP contribution in [0.5, 0.6) is 0 Å². The number of imidazole rings is 1. The Morgan fingerprint density at radius 1 is 1.56 bits per heavy atom. The van der Waals surface area contributed by atoms with Crippen molar-refractivity contribution in [1.29, 1.82) is 0 Å². The average Bonchev–Trinajstić information content (AvgIpc) is 2.14. The summed E-state index contributed by atoms with van der Waals surface area (Å²) >= 11 is 0. The zero-order chi connectivity index (χ0) is 5.98. The second-order valence-electron chi connectivity index (χ2n) is 1.91. The fourth-order valence-corrected chi connectivity index (χ4v) is 0.689. The van der Waals surface area contributed by atoms with Crippen molar-refractivity contribution in [3.05, 3.63) is 18.7 Å². The van der Waals surface area contributed by atoms with Crippen molar-refractivity contribution in [1.82, 2.24) is 4.57 Å². The third kappa shape index (κ3) is 2.20. The van der Waals surface area contributed by atoms with Crippen molar-refractivity contribution in [2.75, 3.05) is 0 Å². The normalized spacial score (nSPS) is 8.67. The molecule has 1 aromatic heterocycles. The van der Waals surface area contributed by atoms with Crippen LogP contribution in [0.4, 0.5) is 0 Å². The Morgan fingerprint density at radius 2 is 2.22 bits per heavy atom. The van der Waals surface area contributed by atoms with E-state index in [1.54, 1.807) is 0 Å². The fraction of sp³-hybridized carbons (Fsp3) is 0.500. The maximum Gasteiger partial charge on any atom is 2.00 e. The van der Waals surface area contributed by atoms with Gasteiger partial charge >= 0.3 is 16.8 Å². The third-order valence-corrected chi connectivity index (χ3v) is 1.19. The van der Waals surface area contributed by atoms with E-state index in [4.69, 9.17) is 0 Å². The monoisotopic (exact) mass is 170 g/mol. The largest absolute Gasteiger partial charge is 2.00 e. The van der Waals surface area contributed by atoms with Gasteiger partial charge in [0.25, 0.3) is 0 Å². The van der Waals surface area contributed by atoms with E-state index in [0.717, 1.165) is 6.54 Å². The quantitative estimate of drug-likeness (QED) is 0.537. The number of rotatable bonds is 1. The summed E-state index contributed by atoms with van der Waals surface area (Å²) < 4.78 is 4.16. The molecule has 0 unspecified atom stereocenters. The van der Waals surface area contributed by atoms with Crippen molar-refractivity contribution >= 4 is 0 Å². The zero-order valence-electron chi connectivity index (χ0n) is 5.67. The minimum absolute atomic E-state index is 0. The summed E-state index contributed by atoms with van der Waals surface area (Å²) in [5.74, 6) is 0. The third-order valence-electron chi connectivity index (χ3n) is 1.19. The van der Waals surface area contributed by atoms with Gasteiger partial charge in [-0.25, -0.2) is 9.13 Å². The molecule has 0 aliphatic carbocycles. The Morgan fingerprint density at radius 3 is 2.44 bits per heavy atom. The molecule has 1 aromatic rings. The summed E-state index contributed by atoms with van der Waals surface area (Å²) in [5, 5.41) is 0. The molecule has 0 amide bonds. The topological polar surface area (TPSA) is 8.81 Å². The molecular formula is C6H11CoN2+3. The summed E-state index contributed by atoms with van der Waals surface area (Å²) in [7, 11) is 2.02. The SMILES string of the molecule is CCn1cc[n+](C)c1.[Co+2]. The molecule has 51 valence electrons. The van der Waals surface area contributed by atoms with E-state index >= 15 is 0 Å². The molecule has 0 spiro atoms. The molecule has 1 rings (SSSR count). The van der Waals surface area contributed by atoms with Crippen LogP contribution in [0.3, 0.4) is 0 Å². The molecular weight excluding hydrogens is 159 g/mol. The van der Waals surface area contributed by atoms with E-state index in [0.29, 0.717) is 0 Å². The van der Waals surface area contributed by atoms with Gasteiger partial charge < -0.3 is 0 Å². The van der Waals surface area contributed by atoms with Crippen LogP contribution in [0.1, 0.15) is 6.92 Å². The molecule has 9 heavy (non-hydrogen) atoms. The summed E-state index contributed by atoms with van der Waals surface area (Å²) in [6, 6.07) is 0. The molecule has 0 aliphatic heterocycles. The van der Waals surface area contributed by atoms with E-state index in [1.165, 1.54) is 0 Å². The number of aryl methyl sites for hydroxylation is 2. The van der Waals surface area contributed by atoms with Crippen molar-refractivity contribution in [3.8, 4) is 0 Å². The predicted molar refractivity (Wildman–Crippen MR) is 31.3 cm³/mol. The van der Waals surface area contributed by atoms with Crippen LogP contribution in [-0.4, -0.2) is 4.57 Å². The molecule has 0 fully saturated rings. The van der Waals surface area contributed by atoms with Crippen molar-refractivity contribution in [2.45, 2.75) is 13.5 Å². The summed E-state index contributed by atoms with van der Waals surface area (Å²) in [6.07, 6.45) is 6.14. The van der Waals surface area contributed by atoms with E-state index in [-0.39, 0.29) is 16.8 Å². The minimum atomic E-state index is 0. The summed E-state index contributed by atoms with van der Waals surface area (Å²) in [6.45, 7) is 3.18. The van der Waals surface area contributed by atoms with Gasteiger partial charge in [-0.2, -0.15) is 0 Å². The van der Waals surface area contributed by atoms with E-state index in [2.05, 4.69) is 24.0 Å². The van der Waals surface area contributed by atoms with Gasteiger partial charge in [-0.15, -0.1) is 0 Å². The minimum Gasteiger partial charge on any atom is -0.240 e. The number of hydrogen-bond acceptors (Lipinski definition) is 0. The van der Waals surface area contributed by atoms with Crippen molar-refractivity contribution in [3.63, 3.8) is 0 Å². The molecule has 0 saturated carbocycles. The van der Waals surface area contributed by atoms with Crippen LogP contribution in [-0.2, 0) is 30.4 Å². The number of hydrogen-bond donors (Lipinski definition) is 0. The maximum absolute atomic E-state index is 2.12. The summed E-state index contributed by atoms with van der Waals surface area (Å²) in [4.78, 5) is 0. The maximum atomic E-state index is 2.12. The number of nitrogens with zero attached hydrogens (tertiary/aromatic N) is 2. The van der Waals surface area contributed by atoms with Gasteiger partial charge in [0.2, 0.25) is 6.33 Å². The Balaban J connectivity index is 0.000000640. The van der Waals surface area contributed by atoms with Gasteiger partial charge in [0.1, 0.15) is 12.4 Å². The molecule has 3 heteroatoms. The molecule has 0 bridgehead atoms. The molecule has 1 radical (unpaired) electrons. The van der Waals surface area contributed by atoms with Crippen LogP contribution in [0.25, 0.3) is 0 Å². The van der Waals surface area contributed by atoms with Crippen LogP contribution < -0.4 is 4.57 Å². The second-order valence-corrected chi connectivity index (χ2v) is 1.91. The smallest absolute Gasteiger partial charge is 0.240 e. The fourth-order valence-electron chi connectivity index (χ4n) is 0.689. The first kappa shape index (κ1) is 8.72. The first-order chi connectivity index (χ1) is 3.83. The van der Waals surface area contributed by atoms with Crippen LogP contribution in [0.15, 0.2) is 18.7 Å². The molecule has 0 aliphatic rings. The molecule has 0 aromatic carbocycles. The van der Waals surface area contributed by atoms with Gasteiger partial charge in [0.15, 0.2) is 0 Å². The Kier molecular flexibility index (Phi) is 3.57. The first-order valence-electron chi connectivity index (χ1n) is 2.84. The van der Waals surface area contributed by atoms with Gasteiger partial charge in [0, 0.05) is 0 Å². The Hall–Kier alpha value is -0.284. The summed E-state index contributed by atoms with van der Waals surface area (Å²) in [5.41, 5.74) is 0. The van der Waals surface area contributed by atoms with Gasteiger partial charge in [-0.05, 0) is 6.92 Å². The second kappa shape index (κ2) is 3.69. The molecule has 0 N–H and O–H groups in total. The Labute approximate surface area is 65.7 Å². The van der Waals surface area contributed by atoms with Gasteiger partial charge in [-0.3, -0.25) is 0 Å². The van der Waals surface area contributed by atoms with Crippen molar-refractivity contribution < 1.29 is 21.3 Å². The average molecular weight is 170 g/mol. The zero-order valence-corrected chi connectivity index (χ0v) is 6.71. The first-order valence-corrected chi connectivity index (χ1v) is 2.84. The molecule has 0 saturated heterocycles. The van der Waals surface area contributed by atoms with E-state index < -0.39 is 0 Å². The molecule has 2 nitrogen and oxygen atoms in total. The number of aromatic nitrogens is 2. The van der Waals surface area contributed by atoms with Gasteiger partial charge in [-0.1, -0.05) is 0 Å². The van der Waals surface area contributed by atoms with Gasteiger partial charge in [0.05, 0.1) is 13.6 Å². The van der Waals surface area contributed by atoms with E-state index in [1.807, 2.05) is 17.8 Å².